The number of allylic oxidation sites excluding steroid dienone is 1. The van der Waals surface area contributed by atoms with Gasteiger partial charge in [0.05, 0.1) is 5.76 Å². The summed E-state index contributed by atoms with van der Waals surface area (Å²) >= 11 is 1.70. The van der Waals surface area contributed by atoms with Gasteiger partial charge >= 0.3 is 0 Å². The molecule has 0 saturated heterocycles. The van der Waals surface area contributed by atoms with Gasteiger partial charge in [-0.1, -0.05) is 30.0 Å². The fraction of sp³-hybridized carbons (Fsp3) is 0.333. The Hall–Kier alpha value is -0.673. The van der Waals surface area contributed by atoms with Crippen LogP contribution in [0, 0.1) is 0 Å². The molecule has 1 rings (SSSR count). The van der Waals surface area contributed by atoms with Crippen molar-refractivity contribution in [2.75, 3.05) is 0 Å². The molecule has 0 saturated carbocycles. The maximum absolute atomic E-state index is 5.84. The van der Waals surface area contributed by atoms with Crippen molar-refractivity contribution in [3.05, 3.63) is 41.5 Å². The zero-order valence-corrected chi connectivity index (χ0v) is 11.6. The highest BCUT2D eigenvalue weighted by Crippen LogP contribution is 2.21. The molecule has 82 valence electrons. The molecule has 0 fully saturated rings. The molecule has 0 aliphatic carbocycles. The van der Waals surface area contributed by atoms with Crippen molar-refractivity contribution in [3.63, 3.8) is 0 Å². The first-order chi connectivity index (χ1) is 6.97. The molecule has 1 nitrogen and oxygen atoms in total. The SMILES string of the molecule is C/C(=C\Sc1ccccc1)O[Si](C)(C)C. The van der Waals surface area contributed by atoms with Crippen molar-refractivity contribution < 1.29 is 4.43 Å². The van der Waals surface area contributed by atoms with Crippen LogP contribution in [0.4, 0.5) is 0 Å². The highest BCUT2D eigenvalue weighted by Gasteiger charge is 2.15. The molecule has 0 spiro atoms. The van der Waals surface area contributed by atoms with Crippen LogP contribution in [0.2, 0.25) is 19.6 Å². The quantitative estimate of drug-likeness (QED) is 0.434. The number of rotatable bonds is 4. The molecule has 0 bridgehead atoms. The van der Waals surface area contributed by atoms with E-state index >= 15 is 0 Å². The third-order valence-corrected chi connectivity index (χ3v) is 3.50. The molecule has 0 atom stereocenters. The van der Waals surface area contributed by atoms with Gasteiger partial charge in [-0.25, -0.2) is 0 Å². The predicted octanol–water partition coefficient (Wildman–Crippen LogP) is 4.49. The predicted molar refractivity (Wildman–Crippen MR) is 70.5 cm³/mol. The van der Waals surface area contributed by atoms with Crippen LogP contribution in [-0.2, 0) is 4.43 Å². The van der Waals surface area contributed by atoms with E-state index in [0.29, 0.717) is 0 Å². The number of hydrogen-bond acceptors (Lipinski definition) is 2. The van der Waals surface area contributed by atoms with Gasteiger partial charge in [0.15, 0.2) is 0 Å². The van der Waals surface area contributed by atoms with E-state index in [4.69, 9.17) is 4.43 Å². The van der Waals surface area contributed by atoms with Gasteiger partial charge < -0.3 is 4.43 Å². The molecule has 0 N–H and O–H groups in total. The standard InChI is InChI=1S/C12H18OSSi/c1-11(13-15(2,3)4)10-14-12-8-6-5-7-9-12/h5-10H,1-4H3/b11-10+. The monoisotopic (exact) mass is 238 g/mol. The summed E-state index contributed by atoms with van der Waals surface area (Å²) in [5, 5.41) is 2.08. The second kappa shape index (κ2) is 5.42. The van der Waals surface area contributed by atoms with Gasteiger partial charge in [0.1, 0.15) is 0 Å². The van der Waals surface area contributed by atoms with Crippen molar-refractivity contribution >= 4 is 20.1 Å². The maximum atomic E-state index is 5.84. The smallest absolute Gasteiger partial charge is 0.241 e. The van der Waals surface area contributed by atoms with Gasteiger partial charge in [-0.2, -0.15) is 0 Å². The van der Waals surface area contributed by atoms with Gasteiger partial charge in [-0.3, -0.25) is 0 Å². The largest absolute Gasteiger partial charge is 0.547 e. The van der Waals surface area contributed by atoms with Crippen LogP contribution in [0.3, 0.4) is 0 Å². The third kappa shape index (κ3) is 5.70. The van der Waals surface area contributed by atoms with E-state index in [2.05, 4.69) is 37.2 Å². The topological polar surface area (TPSA) is 9.23 Å². The average molecular weight is 238 g/mol. The van der Waals surface area contributed by atoms with Crippen LogP contribution in [0.25, 0.3) is 0 Å². The summed E-state index contributed by atoms with van der Waals surface area (Å²) in [6, 6.07) is 10.3. The molecule has 0 aromatic heterocycles. The van der Waals surface area contributed by atoms with Gasteiger partial charge in [0.25, 0.3) is 0 Å². The molecule has 0 unspecified atom stereocenters. The Morgan fingerprint density at radius 3 is 2.33 bits per heavy atom. The minimum absolute atomic E-state index is 1.02. The summed E-state index contributed by atoms with van der Waals surface area (Å²) in [5.41, 5.74) is 0. The van der Waals surface area contributed by atoms with Crippen molar-refractivity contribution in [1.82, 2.24) is 0 Å². The Kier molecular flexibility index (Phi) is 4.48. The summed E-state index contributed by atoms with van der Waals surface area (Å²) in [7, 11) is -1.44. The second-order valence-corrected chi connectivity index (χ2v) is 9.75. The maximum Gasteiger partial charge on any atom is 0.241 e. The van der Waals surface area contributed by atoms with E-state index in [9.17, 15) is 0 Å². The summed E-state index contributed by atoms with van der Waals surface area (Å²) in [6.07, 6.45) is 0. The molecular weight excluding hydrogens is 220 g/mol. The number of benzene rings is 1. The second-order valence-electron chi connectivity index (χ2n) is 4.37. The molecule has 0 radical (unpaired) electrons. The summed E-state index contributed by atoms with van der Waals surface area (Å²) in [6.45, 7) is 8.60. The first-order valence-electron chi connectivity index (χ1n) is 5.05. The molecule has 0 heterocycles. The Morgan fingerprint density at radius 1 is 1.20 bits per heavy atom. The zero-order valence-electron chi connectivity index (χ0n) is 9.78. The Morgan fingerprint density at radius 2 is 1.80 bits per heavy atom. The molecule has 0 aliphatic rings. The molecular formula is C12H18OSSi. The number of hydrogen-bond donors (Lipinski definition) is 0. The van der Waals surface area contributed by atoms with E-state index in [1.807, 2.05) is 25.1 Å². The molecule has 1 aromatic rings. The van der Waals surface area contributed by atoms with Crippen LogP contribution in [-0.4, -0.2) is 8.32 Å². The van der Waals surface area contributed by atoms with E-state index in [1.54, 1.807) is 11.8 Å². The minimum atomic E-state index is -1.44. The first-order valence-corrected chi connectivity index (χ1v) is 9.34. The van der Waals surface area contributed by atoms with Crippen molar-refractivity contribution in [3.8, 4) is 0 Å². The lowest BCUT2D eigenvalue weighted by Crippen LogP contribution is -2.23. The Labute approximate surface area is 97.7 Å². The number of thioether (sulfide) groups is 1. The lowest BCUT2D eigenvalue weighted by atomic mass is 10.4. The minimum Gasteiger partial charge on any atom is -0.547 e. The average Bonchev–Trinajstić information content (AvgIpc) is 2.14. The van der Waals surface area contributed by atoms with Gasteiger partial charge in [-0.05, 0) is 38.7 Å². The molecule has 1 aromatic carbocycles. The lowest BCUT2D eigenvalue weighted by molar-refractivity contribution is 0.426. The fourth-order valence-corrected chi connectivity index (χ4v) is 2.93. The Balaban J connectivity index is 2.51. The van der Waals surface area contributed by atoms with Crippen LogP contribution in [0.15, 0.2) is 46.4 Å². The highest BCUT2D eigenvalue weighted by molar-refractivity contribution is 8.02. The highest BCUT2D eigenvalue weighted by atomic mass is 32.2. The molecule has 15 heavy (non-hydrogen) atoms. The van der Waals surface area contributed by atoms with Crippen molar-refractivity contribution in [2.45, 2.75) is 31.5 Å². The van der Waals surface area contributed by atoms with E-state index in [-0.39, 0.29) is 0 Å². The Bertz CT molecular complexity index is 327. The molecule has 0 aliphatic heterocycles. The van der Waals surface area contributed by atoms with Gasteiger partial charge in [-0.15, -0.1) is 0 Å². The van der Waals surface area contributed by atoms with E-state index in [1.165, 1.54) is 4.90 Å². The van der Waals surface area contributed by atoms with E-state index in [0.717, 1.165) is 5.76 Å². The molecule has 0 amide bonds. The van der Waals surface area contributed by atoms with Crippen LogP contribution >= 0.6 is 11.8 Å². The van der Waals surface area contributed by atoms with Crippen molar-refractivity contribution in [2.24, 2.45) is 0 Å². The van der Waals surface area contributed by atoms with Crippen LogP contribution in [0.5, 0.6) is 0 Å². The molecule has 3 heteroatoms. The van der Waals surface area contributed by atoms with Crippen LogP contribution in [0.1, 0.15) is 6.92 Å². The first kappa shape index (κ1) is 12.4. The van der Waals surface area contributed by atoms with Crippen LogP contribution < -0.4 is 0 Å². The van der Waals surface area contributed by atoms with Crippen molar-refractivity contribution in [1.29, 1.82) is 0 Å². The lowest BCUT2D eigenvalue weighted by Gasteiger charge is -2.19. The van der Waals surface area contributed by atoms with Gasteiger partial charge in [0.2, 0.25) is 8.32 Å². The zero-order chi connectivity index (χ0) is 11.3. The van der Waals surface area contributed by atoms with E-state index < -0.39 is 8.32 Å². The third-order valence-electron chi connectivity index (χ3n) is 1.57. The summed E-state index contributed by atoms with van der Waals surface area (Å²) in [4.78, 5) is 1.25. The summed E-state index contributed by atoms with van der Waals surface area (Å²) in [5.74, 6) is 1.02. The van der Waals surface area contributed by atoms with Gasteiger partial charge in [0, 0.05) is 10.3 Å². The fourth-order valence-electron chi connectivity index (χ4n) is 1.16. The normalized spacial score (nSPS) is 12.7. The summed E-state index contributed by atoms with van der Waals surface area (Å²) < 4.78 is 5.84.